The quantitative estimate of drug-likeness (QED) is 0.835. The number of aryl methyl sites for hydroxylation is 1. The lowest BCUT2D eigenvalue weighted by Crippen LogP contribution is -1.99. The number of nitrogens with one attached hydrogen (secondary N) is 1. The van der Waals surface area contributed by atoms with E-state index in [0.717, 1.165) is 0 Å². The van der Waals surface area contributed by atoms with Crippen molar-refractivity contribution in [2.75, 3.05) is 5.32 Å². The second-order valence-corrected chi connectivity index (χ2v) is 5.39. The fourth-order valence-electron chi connectivity index (χ4n) is 1.59. The molecule has 0 aliphatic carbocycles. The minimum absolute atomic E-state index is 0.0260. The van der Waals surface area contributed by atoms with Crippen LogP contribution in [0.25, 0.3) is 0 Å². The zero-order valence-electron chi connectivity index (χ0n) is 9.75. The van der Waals surface area contributed by atoms with E-state index >= 15 is 0 Å². The van der Waals surface area contributed by atoms with Gasteiger partial charge >= 0.3 is 0 Å². The maximum Gasteiger partial charge on any atom is 0.164 e. The molecule has 6 heteroatoms. The smallest absolute Gasteiger partial charge is 0.164 e. The second kappa shape index (κ2) is 5.26. The molecule has 0 amide bonds. The Labute approximate surface area is 119 Å². The van der Waals surface area contributed by atoms with E-state index in [4.69, 9.17) is 23.2 Å². The average Bonchev–Trinajstić information content (AvgIpc) is 2.65. The van der Waals surface area contributed by atoms with Gasteiger partial charge in [-0.25, -0.2) is 0 Å². The van der Waals surface area contributed by atoms with Crippen LogP contribution in [-0.4, -0.2) is 10.2 Å². The van der Waals surface area contributed by atoms with E-state index in [0.29, 0.717) is 32.0 Å². The summed E-state index contributed by atoms with van der Waals surface area (Å²) < 4.78 is 4.17. The van der Waals surface area contributed by atoms with E-state index in [-0.39, 0.29) is 5.78 Å². The van der Waals surface area contributed by atoms with Gasteiger partial charge < -0.3 is 5.32 Å². The number of ketones is 1. The minimum atomic E-state index is -0.0260. The molecule has 0 aliphatic heterocycles. The lowest BCUT2D eigenvalue weighted by molar-refractivity contribution is 0.101. The number of hydrogen-bond donors (Lipinski definition) is 1. The number of carbonyl (C=O) groups is 1. The van der Waals surface area contributed by atoms with Crippen LogP contribution in [0.15, 0.2) is 18.2 Å². The summed E-state index contributed by atoms with van der Waals surface area (Å²) >= 11 is 13.2. The predicted octanol–water partition coefficient (Wildman–Crippen LogP) is 4.70. The van der Waals surface area contributed by atoms with Gasteiger partial charge in [0, 0.05) is 5.02 Å². The summed E-state index contributed by atoms with van der Waals surface area (Å²) in [4.78, 5) is 11.6. The van der Waals surface area contributed by atoms with Gasteiger partial charge in [-0.2, -0.15) is 4.37 Å². The van der Waals surface area contributed by atoms with E-state index in [2.05, 4.69) is 9.69 Å². The van der Waals surface area contributed by atoms with Gasteiger partial charge in [0.05, 0.1) is 22.0 Å². The number of rotatable bonds is 3. The van der Waals surface area contributed by atoms with Crippen molar-refractivity contribution in [3.05, 3.63) is 39.5 Å². The Morgan fingerprint density at radius 3 is 2.78 bits per heavy atom. The maximum absolute atomic E-state index is 11.6. The average molecular weight is 301 g/mol. The Hall–Kier alpha value is -1.10. The van der Waals surface area contributed by atoms with Gasteiger partial charge in [0.25, 0.3) is 0 Å². The molecule has 3 nitrogen and oxygen atoms in total. The molecular formula is C12H10Cl2N2OS. The molecule has 0 radical (unpaired) electrons. The van der Waals surface area contributed by atoms with Gasteiger partial charge in [-0.3, -0.25) is 4.79 Å². The van der Waals surface area contributed by atoms with Crippen molar-refractivity contribution >= 4 is 51.2 Å². The van der Waals surface area contributed by atoms with Crippen LogP contribution < -0.4 is 5.32 Å². The van der Waals surface area contributed by atoms with Crippen LogP contribution in [0.1, 0.15) is 23.0 Å². The molecule has 1 N–H and O–H groups in total. The summed E-state index contributed by atoms with van der Waals surface area (Å²) in [7, 11) is 0. The molecule has 2 aromatic rings. The van der Waals surface area contributed by atoms with E-state index in [1.165, 1.54) is 18.5 Å². The van der Waals surface area contributed by atoms with Crippen molar-refractivity contribution in [1.29, 1.82) is 0 Å². The standard InChI is InChI=1S/C12H10Cl2N2OS/c1-6-11(7(2)17)12(18-16-6)15-10-5-8(13)3-4-9(10)14/h3-5,15H,1-2H3. The summed E-state index contributed by atoms with van der Waals surface area (Å²) in [5.41, 5.74) is 1.97. The number of benzene rings is 1. The van der Waals surface area contributed by atoms with Gasteiger partial charge in [-0.15, -0.1) is 0 Å². The van der Waals surface area contributed by atoms with Gasteiger partial charge in [-0.05, 0) is 43.6 Å². The van der Waals surface area contributed by atoms with Crippen molar-refractivity contribution in [2.45, 2.75) is 13.8 Å². The lowest BCUT2D eigenvalue weighted by Gasteiger charge is -2.07. The molecular weight excluding hydrogens is 291 g/mol. The van der Waals surface area contributed by atoms with Gasteiger partial charge in [0.2, 0.25) is 0 Å². The van der Waals surface area contributed by atoms with Crippen LogP contribution in [0.2, 0.25) is 10.0 Å². The number of aromatic nitrogens is 1. The van der Waals surface area contributed by atoms with E-state index < -0.39 is 0 Å². The molecule has 94 valence electrons. The first kappa shape index (κ1) is 13.3. The molecule has 1 heterocycles. The molecule has 0 bridgehead atoms. The van der Waals surface area contributed by atoms with Crippen LogP contribution in [0.4, 0.5) is 10.7 Å². The summed E-state index contributed by atoms with van der Waals surface area (Å²) in [6.45, 7) is 3.32. The number of halogens is 2. The highest BCUT2D eigenvalue weighted by Gasteiger charge is 2.15. The molecule has 0 saturated heterocycles. The zero-order valence-corrected chi connectivity index (χ0v) is 12.1. The Kier molecular flexibility index (Phi) is 3.90. The number of Topliss-reactive ketones (excluding diaryl/α,β-unsaturated/α-hetero) is 1. The first-order valence-corrected chi connectivity index (χ1v) is 6.71. The van der Waals surface area contributed by atoms with Crippen molar-refractivity contribution in [2.24, 2.45) is 0 Å². The maximum atomic E-state index is 11.6. The third-order valence-electron chi connectivity index (χ3n) is 2.39. The molecule has 1 aromatic carbocycles. The first-order chi connectivity index (χ1) is 8.49. The Morgan fingerprint density at radius 1 is 1.39 bits per heavy atom. The second-order valence-electron chi connectivity index (χ2n) is 3.78. The van der Waals surface area contributed by atoms with Crippen LogP contribution in [0.3, 0.4) is 0 Å². The summed E-state index contributed by atoms with van der Waals surface area (Å²) in [5, 5.41) is 4.91. The molecule has 0 saturated carbocycles. The topological polar surface area (TPSA) is 42.0 Å². The molecule has 18 heavy (non-hydrogen) atoms. The van der Waals surface area contributed by atoms with Crippen LogP contribution in [0, 0.1) is 6.92 Å². The van der Waals surface area contributed by atoms with Crippen molar-refractivity contribution in [3.63, 3.8) is 0 Å². The number of anilines is 2. The molecule has 0 fully saturated rings. The third-order valence-corrected chi connectivity index (χ3v) is 3.81. The van der Waals surface area contributed by atoms with Gasteiger partial charge in [0.15, 0.2) is 5.78 Å². The molecule has 0 spiro atoms. The van der Waals surface area contributed by atoms with E-state index in [1.807, 2.05) is 0 Å². The Bertz CT molecular complexity index is 610. The van der Waals surface area contributed by atoms with Crippen LogP contribution in [0.5, 0.6) is 0 Å². The highest BCUT2D eigenvalue weighted by Crippen LogP contribution is 2.33. The fraction of sp³-hybridized carbons (Fsp3) is 0.167. The van der Waals surface area contributed by atoms with Crippen molar-refractivity contribution < 1.29 is 4.79 Å². The SMILES string of the molecule is CC(=O)c1c(C)nsc1Nc1cc(Cl)ccc1Cl. The Balaban J connectivity index is 2.40. The first-order valence-electron chi connectivity index (χ1n) is 5.18. The highest BCUT2D eigenvalue weighted by atomic mass is 35.5. The molecule has 1 aromatic heterocycles. The van der Waals surface area contributed by atoms with Crippen LogP contribution in [-0.2, 0) is 0 Å². The monoisotopic (exact) mass is 300 g/mol. The largest absolute Gasteiger partial charge is 0.344 e. The Morgan fingerprint density at radius 2 is 2.11 bits per heavy atom. The van der Waals surface area contributed by atoms with Gasteiger partial charge in [-0.1, -0.05) is 23.2 Å². The predicted molar refractivity (Wildman–Crippen MR) is 76.6 cm³/mol. The molecule has 2 rings (SSSR count). The zero-order chi connectivity index (χ0) is 13.3. The van der Waals surface area contributed by atoms with E-state index in [9.17, 15) is 4.79 Å². The third kappa shape index (κ3) is 2.66. The number of nitrogens with zero attached hydrogens (tertiary/aromatic N) is 1. The normalized spacial score (nSPS) is 10.4. The number of hydrogen-bond acceptors (Lipinski definition) is 4. The highest BCUT2D eigenvalue weighted by molar-refractivity contribution is 7.10. The fourth-order valence-corrected chi connectivity index (χ4v) is 2.78. The van der Waals surface area contributed by atoms with Crippen LogP contribution >= 0.6 is 34.7 Å². The molecule has 0 aliphatic rings. The van der Waals surface area contributed by atoms with Crippen molar-refractivity contribution in [1.82, 2.24) is 4.37 Å². The number of carbonyl (C=O) groups excluding carboxylic acids is 1. The van der Waals surface area contributed by atoms with Crippen molar-refractivity contribution in [3.8, 4) is 0 Å². The minimum Gasteiger partial charge on any atom is -0.344 e. The van der Waals surface area contributed by atoms with Gasteiger partial charge in [0.1, 0.15) is 5.00 Å². The summed E-state index contributed by atoms with van der Waals surface area (Å²) in [6, 6.07) is 5.12. The lowest BCUT2D eigenvalue weighted by atomic mass is 10.2. The van der Waals surface area contributed by atoms with E-state index in [1.54, 1.807) is 25.1 Å². The summed E-state index contributed by atoms with van der Waals surface area (Å²) in [6.07, 6.45) is 0. The molecule has 0 atom stereocenters. The summed E-state index contributed by atoms with van der Waals surface area (Å²) in [5.74, 6) is -0.0260. The molecule has 0 unspecified atom stereocenters.